The number of cyclic esters (lactones) is 1. The van der Waals surface area contributed by atoms with Crippen LogP contribution in [-0.4, -0.2) is 29.0 Å². The maximum absolute atomic E-state index is 11.8. The van der Waals surface area contributed by atoms with Crippen molar-refractivity contribution >= 4 is 12.0 Å². The van der Waals surface area contributed by atoms with Crippen molar-refractivity contribution in [2.75, 3.05) is 6.61 Å². The van der Waals surface area contributed by atoms with Crippen LogP contribution in [0.2, 0.25) is 0 Å². The molecular weight excluding hydrogens is 206 g/mol. The predicted molar refractivity (Wildman–Crippen MR) is 60.9 cm³/mol. The molecule has 4 heteroatoms. The number of imide groups is 1. The van der Waals surface area contributed by atoms with Gasteiger partial charge in [0.15, 0.2) is 0 Å². The molecule has 0 atom stereocenters. The number of allylic oxidation sites excluding steroid dienone is 1. The Morgan fingerprint density at radius 3 is 2.75 bits per heavy atom. The Kier molecular flexibility index (Phi) is 4.10. The molecule has 90 valence electrons. The number of hydrogen-bond donors (Lipinski definition) is 0. The number of hydrogen-bond acceptors (Lipinski definition) is 3. The Morgan fingerprint density at radius 2 is 2.25 bits per heavy atom. The Morgan fingerprint density at radius 1 is 1.56 bits per heavy atom. The lowest BCUT2D eigenvalue weighted by Gasteiger charge is -2.24. The Bertz CT molecular complexity index is 307. The van der Waals surface area contributed by atoms with Gasteiger partial charge in [-0.1, -0.05) is 25.8 Å². The van der Waals surface area contributed by atoms with Gasteiger partial charge < -0.3 is 4.74 Å². The Hall–Kier alpha value is -1.32. The van der Waals surface area contributed by atoms with Crippen molar-refractivity contribution in [3.8, 4) is 0 Å². The zero-order chi connectivity index (χ0) is 12.2. The van der Waals surface area contributed by atoms with E-state index in [0.29, 0.717) is 0 Å². The summed E-state index contributed by atoms with van der Waals surface area (Å²) in [6.45, 7) is 5.99. The second-order valence-electron chi connectivity index (χ2n) is 4.59. The first-order valence-electron chi connectivity index (χ1n) is 5.66. The van der Waals surface area contributed by atoms with Gasteiger partial charge in [0.2, 0.25) is 0 Å². The number of amides is 2. The maximum atomic E-state index is 11.8. The van der Waals surface area contributed by atoms with Gasteiger partial charge in [0, 0.05) is 0 Å². The molecule has 0 radical (unpaired) electrons. The summed E-state index contributed by atoms with van der Waals surface area (Å²) in [5, 5.41) is 0. The van der Waals surface area contributed by atoms with Gasteiger partial charge in [0.05, 0.1) is 5.54 Å². The van der Waals surface area contributed by atoms with E-state index >= 15 is 0 Å². The highest BCUT2D eigenvalue weighted by Gasteiger charge is 2.43. The standard InChI is InChI=1S/C12H19NO3/c1-4-5-6-7-8-10(14)13-11(15)16-9-12(13,2)3/h7-8H,4-6,9H2,1-3H3/b8-7+. The van der Waals surface area contributed by atoms with Crippen LogP contribution in [0, 0.1) is 0 Å². The third-order valence-corrected chi connectivity index (χ3v) is 2.54. The number of carbonyl (C=O) groups is 2. The summed E-state index contributed by atoms with van der Waals surface area (Å²) in [6, 6.07) is 0. The molecule has 0 unspecified atom stereocenters. The minimum atomic E-state index is -0.546. The molecule has 0 saturated carbocycles. The molecule has 0 bridgehead atoms. The van der Waals surface area contributed by atoms with Crippen LogP contribution in [-0.2, 0) is 9.53 Å². The first kappa shape index (κ1) is 12.7. The molecule has 0 aliphatic carbocycles. The van der Waals surface area contributed by atoms with Crippen LogP contribution < -0.4 is 0 Å². The van der Waals surface area contributed by atoms with E-state index in [1.54, 1.807) is 0 Å². The molecule has 1 saturated heterocycles. The quantitative estimate of drug-likeness (QED) is 0.545. The number of rotatable bonds is 4. The van der Waals surface area contributed by atoms with Crippen LogP contribution in [0.3, 0.4) is 0 Å². The molecule has 2 amide bonds. The highest BCUT2D eigenvalue weighted by atomic mass is 16.6. The van der Waals surface area contributed by atoms with Crippen molar-refractivity contribution in [2.24, 2.45) is 0 Å². The lowest BCUT2D eigenvalue weighted by atomic mass is 10.1. The van der Waals surface area contributed by atoms with Gasteiger partial charge in [-0.3, -0.25) is 4.79 Å². The van der Waals surface area contributed by atoms with Crippen molar-refractivity contribution in [2.45, 2.75) is 45.6 Å². The molecule has 1 rings (SSSR count). The van der Waals surface area contributed by atoms with Crippen LogP contribution in [0.5, 0.6) is 0 Å². The Labute approximate surface area is 96.3 Å². The van der Waals surface area contributed by atoms with Gasteiger partial charge in [0.1, 0.15) is 6.61 Å². The smallest absolute Gasteiger partial charge is 0.417 e. The molecule has 4 nitrogen and oxygen atoms in total. The van der Waals surface area contributed by atoms with E-state index in [2.05, 4.69) is 6.92 Å². The highest BCUT2D eigenvalue weighted by Crippen LogP contribution is 2.23. The monoisotopic (exact) mass is 225 g/mol. The topological polar surface area (TPSA) is 46.6 Å². The van der Waals surface area contributed by atoms with Crippen molar-refractivity contribution in [1.82, 2.24) is 4.90 Å². The summed E-state index contributed by atoms with van der Waals surface area (Å²) in [6.07, 6.45) is 5.74. The molecule has 0 spiro atoms. The fraction of sp³-hybridized carbons (Fsp3) is 0.667. The largest absolute Gasteiger partial charge is 0.447 e. The summed E-state index contributed by atoms with van der Waals surface area (Å²) in [4.78, 5) is 24.3. The van der Waals surface area contributed by atoms with E-state index < -0.39 is 11.6 Å². The fourth-order valence-corrected chi connectivity index (χ4v) is 1.58. The van der Waals surface area contributed by atoms with Crippen LogP contribution >= 0.6 is 0 Å². The first-order chi connectivity index (χ1) is 7.49. The van der Waals surface area contributed by atoms with Crippen molar-refractivity contribution < 1.29 is 14.3 Å². The lowest BCUT2D eigenvalue weighted by Crippen LogP contribution is -2.45. The summed E-state index contributed by atoms with van der Waals surface area (Å²) in [5.41, 5.74) is -0.538. The van der Waals surface area contributed by atoms with Gasteiger partial charge in [-0.25, -0.2) is 9.69 Å². The normalized spacial score (nSPS) is 19.2. The number of unbranched alkanes of at least 4 members (excludes halogenated alkanes) is 2. The Balaban J connectivity index is 2.59. The second-order valence-corrected chi connectivity index (χ2v) is 4.59. The summed E-state index contributed by atoms with van der Waals surface area (Å²) in [7, 11) is 0. The van der Waals surface area contributed by atoms with Gasteiger partial charge in [-0.05, 0) is 26.3 Å². The SMILES string of the molecule is CCCC/C=C/C(=O)N1C(=O)OCC1(C)C. The minimum Gasteiger partial charge on any atom is -0.447 e. The van der Waals surface area contributed by atoms with Gasteiger partial charge in [-0.2, -0.15) is 0 Å². The van der Waals surface area contributed by atoms with Crippen LogP contribution in [0.4, 0.5) is 4.79 Å². The molecule has 0 N–H and O–H groups in total. The molecule has 1 heterocycles. The zero-order valence-corrected chi connectivity index (χ0v) is 10.2. The summed E-state index contributed by atoms with van der Waals surface area (Å²) in [5.74, 6) is -0.288. The van der Waals surface area contributed by atoms with E-state index in [-0.39, 0.29) is 12.5 Å². The van der Waals surface area contributed by atoms with Crippen LogP contribution in [0.25, 0.3) is 0 Å². The van der Waals surface area contributed by atoms with Crippen LogP contribution in [0.15, 0.2) is 12.2 Å². The average molecular weight is 225 g/mol. The molecule has 1 fully saturated rings. The van der Waals surface area contributed by atoms with E-state index in [4.69, 9.17) is 4.74 Å². The first-order valence-corrected chi connectivity index (χ1v) is 5.66. The van der Waals surface area contributed by atoms with E-state index in [1.807, 2.05) is 19.9 Å². The van der Waals surface area contributed by atoms with Crippen LogP contribution in [0.1, 0.15) is 40.0 Å². The van der Waals surface area contributed by atoms with E-state index in [1.165, 1.54) is 11.0 Å². The average Bonchev–Trinajstić information content (AvgIpc) is 2.48. The number of ether oxygens (including phenoxy) is 1. The zero-order valence-electron chi connectivity index (χ0n) is 10.2. The predicted octanol–water partition coefficient (Wildman–Crippen LogP) is 2.49. The minimum absolute atomic E-state index is 0.264. The van der Waals surface area contributed by atoms with Crippen molar-refractivity contribution in [3.63, 3.8) is 0 Å². The van der Waals surface area contributed by atoms with E-state index in [0.717, 1.165) is 19.3 Å². The lowest BCUT2D eigenvalue weighted by molar-refractivity contribution is -0.125. The third kappa shape index (κ3) is 2.84. The summed E-state index contributed by atoms with van der Waals surface area (Å²) >= 11 is 0. The molecule has 1 aliphatic rings. The van der Waals surface area contributed by atoms with Gasteiger partial charge in [0.25, 0.3) is 5.91 Å². The van der Waals surface area contributed by atoms with E-state index in [9.17, 15) is 9.59 Å². The molecule has 0 aromatic rings. The molecule has 0 aromatic carbocycles. The third-order valence-electron chi connectivity index (χ3n) is 2.54. The van der Waals surface area contributed by atoms with Crippen molar-refractivity contribution in [3.05, 3.63) is 12.2 Å². The highest BCUT2D eigenvalue weighted by molar-refractivity contribution is 6.00. The maximum Gasteiger partial charge on any atom is 0.417 e. The van der Waals surface area contributed by atoms with Crippen molar-refractivity contribution in [1.29, 1.82) is 0 Å². The molecular formula is C12H19NO3. The molecule has 16 heavy (non-hydrogen) atoms. The summed E-state index contributed by atoms with van der Waals surface area (Å²) < 4.78 is 4.86. The molecule has 1 aliphatic heterocycles. The van der Waals surface area contributed by atoms with Gasteiger partial charge >= 0.3 is 6.09 Å². The van der Waals surface area contributed by atoms with Gasteiger partial charge in [-0.15, -0.1) is 0 Å². The molecule has 0 aromatic heterocycles. The fourth-order valence-electron chi connectivity index (χ4n) is 1.58. The number of nitrogens with zero attached hydrogens (tertiary/aromatic N) is 1. The number of carbonyl (C=O) groups excluding carboxylic acids is 2. The second kappa shape index (κ2) is 5.14.